The molecule has 0 saturated heterocycles. The molecule has 1 aromatic rings. The fraction of sp³-hybridized carbons (Fsp3) is 0.462. The largest absolute Gasteiger partial charge is 0.325 e. The molecule has 86 valence electrons. The Labute approximate surface area is 97.0 Å². The summed E-state index contributed by atoms with van der Waals surface area (Å²) in [4.78, 5) is 6.67. The lowest BCUT2D eigenvalue weighted by atomic mass is 10.2. The van der Waals surface area contributed by atoms with Crippen molar-refractivity contribution in [2.75, 3.05) is 6.54 Å². The Hall–Kier alpha value is -1.19. The predicted octanol–water partition coefficient (Wildman–Crippen LogP) is 1.69. The number of hydrogen-bond donors (Lipinski definition) is 1. The van der Waals surface area contributed by atoms with E-state index in [2.05, 4.69) is 28.6 Å². The summed E-state index contributed by atoms with van der Waals surface area (Å²) in [7, 11) is 0. The topological polar surface area (TPSA) is 42.2 Å². The summed E-state index contributed by atoms with van der Waals surface area (Å²) in [6.45, 7) is 6.27. The summed E-state index contributed by atoms with van der Waals surface area (Å²) in [6.07, 6.45) is 6.46. The van der Waals surface area contributed by atoms with Crippen LogP contribution in [0.25, 0.3) is 0 Å². The lowest BCUT2D eigenvalue weighted by molar-refractivity contribution is 0.283. The van der Waals surface area contributed by atoms with E-state index in [9.17, 15) is 0 Å². The molecule has 2 rings (SSSR count). The minimum atomic E-state index is 0.513. The third-order valence-corrected chi connectivity index (χ3v) is 2.90. The van der Waals surface area contributed by atoms with Crippen LogP contribution in [0.5, 0.6) is 0 Å². The first-order chi connectivity index (χ1) is 7.83. The van der Waals surface area contributed by atoms with Gasteiger partial charge in [-0.25, -0.2) is 0 Å². The Morgan fingerprint density at radius 1 is 1.56 bits per heavy atom. The number of aromatic nitrogens is 1. The van der Waals surface area contributed by atoms with E-state index >= 15 is 0 Å². The van der Waals surface area contributed by atoms with Gasteiger partial charge >= 0.3 is 0 Å². The van der Waals surface area contributed by atoms with Crippen LogP contribution in [0, 0.1) is 0 Å². The van der Waals surface area contributed by atoms with Crippen molar-refractivity contribution in [1.29, 1.82) is 0 Å². The van der Waals surface area contributed by atoms with Gasteiger partial charge in [0.2, 0.25) is 0 Å². The average Bonchev–Trinajstić information content (AvgIpc) is 3.13. The number of pyridine rings is 1. The van der Waals surface area contributed by atoms with E-state index < -0.39 is 0 Å². The second-order valence-electron chi connectivity index (χ2n) is 4.31. The molecule has 16 heavy (non-hydrogen) atoms. The van der Waals surface area contributed by atoms with Gasteiger partial charge in [-0.2, -0.15) is 0 Å². The Morgan fingerprint density at radius 3 is 3.00 bits per heavy atom. The fourth-order valence-electron chi connectivity index (χ4n) is 1.92. The maximum Gasteiger partial charge on any atom is 0.0542 e. The monoisotopic (exact) mass is 217 g/mol. The van der Waals surface area contributed by atoms with Crippen molar-refractivity contribution in [1.82, 2.24) is 9.88 Å². The van der Waals surface area contributed by atoms with Gasteiger partial charge in [0.25, 0.3) is 0 Å². The SMILES string of the molecule is C=CCN(Cc1ccnc(CN)c1)C1CC1. The highest BCUT2D eigenvalue weighted by Crippen LogP contribution is 2.28. The first-order valence-electron chi connectivity index (χ1n) is 5.82. The zero-order valence-electron chi connectivity index (χ0n) is 9.60. The highest BCUT2D eigenvalue weighted by Gasteiger charge is 2.27. The second kappa shape index (κ2) is 5.23. The molecule has 1 fully saturated rings. The molecule has 0 spiro atoms. The van der Waals surface area contributed by atoms with Gasteiger partial charge in [-0.1, -0.05) is 6.08 Å². The van der Waals surface area contributed by atoms with Gasteiger partial charge < -0.3 is 5.73 Å². The van der Waals surface area contributed by atoms with Crippen molar-refractivity contribution in [2.45, 2.75) is 32.0 Å². The zero-order valence-corrected chi connectivity index (χ0v) is 9.60. The van der Waals surface area contributed by atoms with Crippen molar-refractivity contribution < 1.29 is 0 Å². The van der Waals surface area contributed by atoms with Crippen molar-refractivity contribution >= 4 is 0 Å². The number of nitrogens with zero attached hydrogens (tertiary/aromatic N) is 2. The minimum Gasteiger partial charge on any atom is -0.325 e. The third kappa shape index (κ3) is 2.90. The van der Waals surface area contributed by atoms with Crippen molar-refractivity contribution in [2.24, 2.45) is 5.73 Å². The Morgan fingerprint density at radius 2 is 2.38 bits per heavy atom. The summed E-state index contributed by atoms with van der Waals surface area (Å²) in [5.74, 6) is 0. The van der Waals surface area contributed by atoms with Crippen LogP contribution in [0.1, 0.15) is 24.1 Å². The molecule has 3 heteroatoms. The van der Waals surface area contributed by atoms with Gasteiger partial charge in [-0.05, 0) is 30.5 Å². The van der Waals surface area contributed by atoms with Gasteiger partial charge in [-0.15, -0.1) is 6.58 Å². The van der Waals surface area contributed by atoms with E-state index in [1.165, 1.54) is 18.4 Å². The van der Waals surface area contributed by atoms with Crippen molar-refractivity contribution in [3.63, 3.8) is 0 Å². The molecule has 0 aliphatic heterocycles. The zero-order chi connectivity index (χ0) is 11.4. The fourth-order valence-corrected chi connectivity index (χ4v) is 1.92. The molecular formula is C13H19N3. The maximum absolute atomic E-state index is 5.59. The van der Waals surface area contributed by atoms with Gasteiger partial charge in [0.05, 0.1) is 5.69 Å². The van der Waals surface area contributed by atoms with Crippen molar-refractivity contribution in [3.05, 3.63) is 42.2 Å². The molecule has 3 nitrogen and oxygen atoms in total. The van der Waals surface area contributed by atoms with Crippen LogP contribution in [0.15, 0.2) is 31.0 Å². The van der Waals surface area contributed by atoms with E-state index in [1.807, 2.05) is 12.3 Å². The predicted molar refractivity (Wildman–Crippen MR) is 65.8 cm³/mol. The standard InChI is InChI=1S/C13H19N3/c1-2-7-16(13-3-4-13)10-11-5-6-15-12(8-11)9-14/h2,5-6,8,13H,1,3-4,7,9-10,14H2. The molecule has 0 atom stereocenters. The Bertz CT molecular complexity index is 358. The highest BCUT2D eigenvalue weighted by molar-refractivity contribution is 5.16. The van der Waals surface area contributed by atoms with Crippen LogP contribution < -0.4 is 5.73 Å². The van der Waals surface area contributed by atoms with Crippen LogP contribution in [0.4, 0.5) is 0 Å². The van der Waals surface area contributed by atoms with Gasteiger partial charge in [-0.3, -0.25) is 9.88 Å². The van der Waals surface area contributed by atoms with Crippen LogP contribution in [-0.4, -0.2) is 22.5 Å². The number of rotatable bonds is 6. The minimum absolute atomic E-state index is 0.513. The summed E-state index contributed by atoms with van der Waals surface area (Å²) < 4.78 is 0. The van der Waals surface area contributed by atoms with E-state index in [4.69, 9.17) is 5.73 Å². The lowest BCUT2D eigenvalue weighted by Crippen LogP contribution is -2.25. The van der Waals surface area contributed by atoms with Gasteiger partial charge in [0.15, 0.2) is 0 Å². The van der Waals surface area contributed by atoms with E-state index in [1.54, 1.807) is 0 Å². The third-order valence-electron chi connectivity index (χ3n) is 2.90. The Balaban J connectivity index is 2.02. The van der Waals surface area contributed by atoms with Crippen LogP contribution in [-0.2, 0) is 13.1 Å². The molecule has 0 bridgehead atoms. The number of nitrogens with two attached hydrogens (primary N) is 1. The molecule has 0 unspecified atom stereocenters. The number of hydrogen-bond acceptors (Lipinski definition) is 3. The molecule has 1 aliphatic rings. The maximum atomic E-state index is 5.59. The lowest BCUT2D eigenvalue weighted by Gasteiger charge is -2.20. The van der Waals surface area contributed by atoms with Crippen molar-refractivity contribution in [3.8, 4) is 0 Å². The summed E-state index contributed by atoms with van der Waals surface area (Å²) in [6, 6.07) is 4.92. The van der Waals surface area contributed by atoms with E-state index in [0.29, 0.717) is 6.54 Å². The molecule has 0 amide bonds. The average molecular weight is 217 g/mol. The summed E-state index contributed by atoms with van der Waals surface area (Å²) >= 11 is 0. The molecule has 1 aliphatic carbocycles. The molecular weight excluding hydrogens is 198 g/mol. The Kier molecular flexibility index (Phi) is 3.70. The quantitative estimate of drug-likeness (QED) is 0.737. The first kappa shape index (κ1) is 11.3. The smallest absolute Gasteiger partial charge is 0.0542 e. The summed E-state index contributed by atoms with van der Waals surface area (Å²) in [5.41, 5.74) is 7.85. The van der Waals surface area contributed by atoms with E-state index in [-0.39, 0.29) is 0 Å². The molecule has 1 heterocycles. The van der Waals surface area contributed by atoms with Crippen LogP contribution in [0.3, 0.4) is 0 Å². The highest BCUT2D eigenvalue weighted by atomic mass is 15.2. The first-order valence-corrected chi connectivity index (χ1v) is 5.82. The summed E-state index contributed by atoms with van der Waals surface area (Å²) in [5, 5.41) is 0. The van der Waals surface area contributed by atoms with Crippen LogP contribution in [0.2, 0.25) is 0 Å². The van der Waals surface area contributed by atoms with Gasteiger partial charge in [0.1, 0.15) is 0 Å². The molecule has 0 radical (unpaired) electrons. The second-order valence-corrected chi connectivity index (χ2v) is 4.31. The molecule has 1 aromatic heterocycles. The normalized spacial score (nSPS) is 15.4. The molecule has 1 saturated carbocycles. The van der Waals surface area contributed by atoms with E-state index in [0.717, 1.165) is 24.8 Å². The molecule has 2 N–H and O–H groups in total. The van der Waals surface area contributed by atoms with Crippen LogP contribution >= 0.6 is 0 Å². The molecule has 0 aromatic carbocycles. The van der Waals surface area contributed by atoms with Gasteiger partial charge in [0, 0.05) is 31.9 Å².